The van der Waals surface area contributed by atoms with Crippen LogP contribution in [-0.4, -0.2) is 35.3 Å². The van der Waals surface area contributed by atoms with Crippen LogP contribution in [0, 0.1) is 0 Å². The Hall–Kier alpha value is -2.18. The summed E-state index contributed by atoms with van der Waals surface area (Å²) < 4.78 is 28.6. The molecule has 0 spiro atoms. The minimum absolute atomic E-state index is 0.317. The lowest BCUT2D eigenvalue weighted by Gasteiger charge is -2.40. The zero-order valence-electron chi connectivity index (χ0n) is 17.8. The average Bonchev–Trinajstić information content (AvgIpc) is 2.66. The number of carbonyl (C=O) groups excluding carboxylic acids is 3. The van der Waals surface area contributed by atoms with Crippen molar-refractivity contribution in [3.05, 3.63) is 23.8 Å². The molecule has 0 amide bonds. The number of benzene rings is 1. The SMILES string of the molecule is CC(=O)O[Si](OC(C)=O)(OC(C)=O)c1ccc2c(c1)CO[Si](C)(C1CCCCC1)O2. The summed E-state index contributed by atoms with van der Waals surface area (Å²) in [4.78, 5) is 35.2. The largest absolute Gasteiger partial charge is 0.742 e. The van der Waals surface area contributed by atoms with Crippen molar-refractivity contribution in [2.75, 3.05) is 0 Å². The molecule has 1 heterocycles. The maximum Gasteiger partial charge on any atom is 0.742 e. The van der Waals surface area contributed by atoms with E-state index in [4.69, 9.17) is 22.1 Å². The van der Waals surface area contributed by atoms with Gasteiger partial charge in [-0.15, -0.1) is 0 Å². The van der Waals surface area contributed by atoms with Crippen LogP contribution < -0.4 is 9.61 Å². The first kappa shape index (κ1) is 22.5. The zero-order chi connectivity index (χ0) is 21.9. The third kappa shape index (κ3) is 4.93. The fourth-order valence-corrected chi connectivity index (χ4v) is 9.33. The summed E-state index contributed by atoms with van der Waals surface area (Å²) >= 11 is 0. The lowest BCUT2D eigenvalue weighted by Crippen LogP contribution is -2.59. The lowest BCUT2D eigenvalue weighted by molar-refractivity contribution is -0.146. The molecule has 164 valence electrons. The molecule has 3 rings (SSSR count). The monoisotopic (exact) mass is 452 g/mol. The van der Waals surface area contributed by atoms with Gasteiger partial charge in [0.25, 0.3) is 17.9 Å². The summed E-state index contributed by atoms with van der Waals surface area (Å²) in [6.45, 7) is 5.95. The molecule has 1 aromatic carbocycles. The minimum Gasteiger partial charge on any atom is -0.520 e. The smallest absolute Gasteiger partial charge is 0.520 e. The summed E-state index contributed by atoms with van der Waals surface area (Å²) in [5.41, 5.74) is 1.19. The van der Waals surface area contributed by atoms with E-state index in [0.717, 1.165) is 18.4 Å². The highest BCUT2D eigenvalue weighted by Gasteiger charge is 2.55. The molecule has 0 bridgehead atoms. The van der Waals surface area contributed by atoms with Gasteiger partial charge in [0, 0.05) is 31.9 Å². The van der Waals surface area contributed by atoms with E-state index in [2.05, 4.69) is 6.55 Å². The van der Waals surface area contributed by atoms with Crippen molar-refractivity contribution in [2.45, 2.75) is 71.6 Å². The molecule has 1 aliphatic carbocycles. The van der Waals surface area contributed by atoms with E-state index in [0.29, 0.717) is 23.1 Å². The molecule has 0 saturated heterocycles. The van der Waals surface area contributed by atoms with Crippen LogP contribution in [0.4, 0.5) is 0 Å². The van der Waals surface area contributed by atoms with Crippen molar-refractivity contribution in [3.8, 4) is 5.75 Å². The average molecular weight is 453 g/mol. The molecular weight excluding hydrogens is 424 g/mol. The Balaban J connectivity index is 1.93. The second-order valence-corrected chi connectivity index (χ2v) is 13.5. The molecule has 0 radical (unpaired) electrons. The van der Waals surface area contributed by atoms with E-state index in [-0.39, 0.29) is 0 Å². The van der Waals surface area contributed by atoms with Gasteiger partial charge in [-0.3, -0.25) is 14.4 Å². The van der Waals surface area contributed by atoms with Crippen LogP contribution in [0.25, 0.3) is 0 Å². The number of hydrogen-bond donors (Lipinski definition) is 0. The molecule has 8 nitrogen and oxygen atoms in total. The Labute approximate surface area is 178 Å². The van der Waals surface area contributed by atoms with Crippen molar-refractivity contribution in [3.63, 3.8) is 0 Å². The predicted octanol–water partition coefficient (Wildman–Crippen LogP) is 2.84. The van der Waals surface area contributed by atoms with E-state index < -0.39 is 35.3 Å². The van der Waals surface area contributed by atoms with Gasteiger partial charge in [0.1, 0.15) is 5.75 Å². The molecule has 10 heteroatoms. The maximum atomic E-state index is 11.7. The quantitative estimate of drug-likeness (QED) is 0.629. The third-order valence-electron chi connectivity index (χ3n) is 5.42. The van der Waals surface area contributed by atoms with Gasteiger partial charge in [-0.1, -0.05) is 19.3 Å². The van der Waals surface area contributed by atoms with E-state index in [9.17, 15) is 14.4 Å². The van der Waals surface area contributed by atoms with Crippen LogP contribution in [0.3, 0.4) is 0 Å². The molecule has 1 unspecified atom stereocenters. The van der Waals surface area contributed by atoms with Crippen LogP contribution in [-0.2, 0) is 38.7 Å². The molecule has 1 aliphatic heterocycles. The molecule has 2 aliphatic rings. The van der Waals surface area contributed by atoms with Gasteiger partial charge in [0.15, 0.2) is 0 Å². The summed E-state index contributed by atoms with van der Waals surface area (Å²) in [7, 11) is -6.51. The molecule has 1 atom stereocenters. The highest BCUT2D eigenvalue weighted by molar-refractivity contribution is 6.79. The fourth-order valence-electron chi connectivity index (χ4n) is 4.09. The molecule has 1 saturated carbocycles. The Morgan fingerprint density at radius 1 is 0.967 bits per heavy atom. The van der Waals surface area contributed by atoms with E-state index >= 15 is 0 Å². The minimum atomic E-state index is -4.14. The molecule has 0 aromatic heterocycles. The Morgan fingerprint density at radius 3 is 2.07 bits per heavy atom. The van der Waals surface area contributed by atoms with Crippen LogP contribution in [0.5, 0.6) is 5.75 Å². The van der Waals surface area contributed by atoms with Crippen molar-refractivity contribution in [1.29, 1.82) is 0 Å². The fraction of sp³-hybridized carbons (Fsp3) is 0.550. The number of hydrogen-bond acceptors (Lipinski definition) is 8. The zero-order valence-corrected chi connectivity index (χ0v) is 19.8. The summed E-state index contributed by atoms with van der Waals surface area (Å²) in [6, 6.07) is 5.05. The number of rotatable bonds is 5. The maximum absolute atomic E-state index is 11.7. The Morgan fingerprint density at radius 2 is 1.53 bits per heavy atom. The molecule has 0 N–H and O–H groups in total. The first-order valence-corrected chi connectivity index (χ1v) is 14.3. The van der Waals surface area contributed by atoms with Crippen LogP contribution in [0.1, 0.15) is 58.4 Å². The predicted molar refractivity (Wildman–Crippen MR) is 111 cm³/mol. The van der Waals surface area contributed by atoms with Crippen LogP contribution >= 0.6 is 0 Å². The first-order valence-electron chi connectivity index (χ1n) is 10.2. The van der Waals surface area contributed by atoms with Gasteiger partial charge in [-0.05, 0) is 37.6 Å². The second kappa shape index (κ2) is 8.90. The number of fused-ring (bicyclic) bond motifs is 1. The van der Waals surface area contributed by atoms with Gasteiger partial charge in [0.2, 0.25) is 0 Å². The van der Waals surface area contributed by atoms with E-state index in [1.807, 2.05) is 0 Å². The first-order chi connectivity index (χ1) is 14.1. The second-order valence-electron chi connectivity index (χ2n) is 7.90. The van der Waals surface area contributed by atoms with Gasteiger partial charge in [-0.25, -0.2) is 0 Å². The normalized spacial score (nSPS) is 21.7. The van der Waals surface area contributed by atoms with Gasteiger partial charge >= 0.3 is 17.4 Å². The highest BCUT2D eigenvalue weighted by Crippen LogP contribution is 2.42. The summed E-state index contributed by atoms with van der Waals surface area (Å²) in [6.07, 6.45) is 5.91. The van der Waals surface area contributed by atoms with Gasteiger partial charge in [-0.2, -0.15) is 0 Å². The van der Waals surface area contributed by atoms with Gasteiger partial charge < -0.3 is 22.1 Å². The van der Waals surface area contributed by atoms with Gasteiger partial charge in [0.05, 0.1) is 11.8 Å². The molecule has 1 fully saturated rings. The van der Waals surface area contributed by atoms with E-state index in [1.54, 1.807) is 18.2 Å². The van der Waals surface area contributed by atoms with Crippen molar-refractivity contribution >= 4 is 40.5 Å². The molecule has 1 aromatic rings. The number of carbonyl (C=O) groups is 3. The Kier molecular flexibility index (Phi) is 6.68. The lowest BCUT2D eigenvalue weighted by atomic mass is 10.0. The van der Waals surface area contributed by atoms with Crippen molar-refractivity contribution in [2.24, 2.45) is 0 Å². The van der Waals surface area contributed by atoms with Crippen molar-refractivity contribution in [1.82, 2.24) is 0 Å². The Bertz CT molecular complexity index is 795. The molecular formula is C20H28O8Si2. The highest BCUT2D eigenvalue weighted by atomic mass is 28.4. The van der Waals surface area contributed by atoms with Crippen molar-refractivity contribution < 1.29 is 36.5 Å². The standard InChI is InChI=1S/C20H28O8Si2/c1-14(21)25-30(26-15(2)22,27-16(3)23)19-10-11-20-17(12-19)13-24-29(4,28-20)18-8-6-5-7-9-18/h10-12,18H,5-9,13H2,1-4H3. The summed E-state index contributed by atoms with van der Waals surface area (Å²) in [5, 5.41) is 0.317. The third-order valence-corrected chi connectivity index (χ3v) is 11.5. The molecule has 30 heavy (non-hydrogen) atoms. The topological polar surface area (TPSA) is 97.4 Å². The van der Waals surface area contributed by atoms with E-state index in [1.165, 1.54) is 40.0 Å². The van der Waals surface area contributed by atoms with Crippen LogP contribution in [0.15, 0.2) is 18.2 Å². The van der Waals surface area contributed by atoms with Crippen LogP contribution in [0.2, 0.25) is 12.1 Å². The summed E-state index contributed by atoms with van der Waals surface area (Å²) in [5.74, 6) is -1.44.